The van der Waals surface area contributed by atoms with Gasteiger partial charge in [0.25, 0.3) is 0 Å². The quantitative estimate of drug-likeness (QED) is 0.679. The van der Waals surface area contributed by atoms with E-state index in [1.165, 1.54) is 0 Å². The first-order valence-corrected chi connectivity index (χ1v) is 9.25. The molecule has 0 aliphatic rings. The zero-order chi connectivity index (χ0) is 17.8. The molecule has 0 aromatic heterocycles. The van der Waals surface area contributed by atoms with Crippen molar-refractivity contribution in [1.82, 2.24) is 0 Å². The van der Waals surface area contributed by atoms with Gasteiger partial charge in [0.1, 0.15) is 5.75 Å². The van der Waals surface area contributed by atoms with Gasteiger partial charge in [-0.05, 0) is 35.8 Å². The number of hydrogen-bond acceptors (Lipinski definition) is 4. The Morgan fingerprint density at radius 2 is 1.43 bits per heavy atom. The van der Waals surface area contributed by atoms with E-state index < -0.39 is 6.10 Å². The molecule has 0 fully saturated rings. The van der Waals surface area contributed by atoms with Crippen molar-refractivity contribution in [3.05, 3.63) is 23.3 Å². The van der Waals surface area contributed by atoms with E-state index in [9.17, 15) is 10.2 Å². The van der Waals surface area contributed by atoms with E-state index in [2.05, 4.69) is 53.7 Å². The van der Waals surface area contributed by atoms with E-state index in [0.29, 0.717) is 18.6 Å². The van der Waals surface area contributed by atoms with Crippen molar-refractivity contribution in [2.75, 3.05) is 12.4 Å². The number of aromatic hydroxyl groups is 1. The molecular formula is C19H32O3S. The smallest absolute Gasteiger partial charge is 0.123 e. The van der Waals surface area contributed by atoms with Crippen LogP contribution in [-0.2, 0) is 10.8 Å². The summed E-state index contributed by atoms with van der Waals surface area (Å²) >= 11 is 1.69. The Balaban J connectivity index is 3.04. The van der Waals surface area contributed by atoms with E-state index >= 15 is 0 Å². The standard InChI is InChI=1S/C19H32O3S/c1-18(2,3)15-11-14(23-10-8-13(21)7-9-20)12-16(17(15)22)19(4,5)6/h11-13,20-22H,7-10H2,1-6H3. The number of thioether (sulfide) groups is 1. The zero-order valence-electron chi connectivity index (χ0n) is 15.3. The summed E-state index contributed by atoms with van der Waals surface area (Å²) < 4.78 is 0. The van der Waals surface area contributed by atoms with Crippen LogP contribution in [0, 0.1) is 0 Å². The Morgan fingerprint density at radius 3 is 1.83 bits per heavy atom. The van der Waals surface area contributed by atoms with Gasteiger partial charge in [-0.3, -0.25) is 0 Å². The van der Waals surface area contributed by atoms with Gasteiger partial charge in [-0.15, -0.1) is 11.8 Å². The van der Waals surface area contributed by atoms with Gasteiger partial charge >= 0.3 is 0 Å². The predicted octanol–water partition coefficient (Wildman–Crippen LogP) is 4.21. The topological polar surface area (TPSA) is 60.7 Å². The average Bonchev–Trinajstić information content (AvgIpc) is 2.38. The molecule has 1 atom stereocenters. The fraction of sp³-hybridized carbons (Fsp3) is 0.684. The van der Waals surface area contributed by atoms with Crippen LogP contribution in [0.25, 0.3) is 0 Å². The molecule has 0 aliphatic carbocycles. The zero-order valence-corrected chi connectivity index (χ0v) is 16.1. The minimum Gasteiger partial charge on any atom is -0.507 e. The number of benzene rings is 1. The van der Waals surface area contributed by atoms with Gasteiger partial charge in [0.05, 0.1) is 6.10 Å². The van der Waals surface area contributed by atoms with Gasteiger partial charge in [-0.1, -0.05) is 41.5 Å². The second kappa shape index (κ2) is 7.91. The Kier molecular flexibility index (Phi) is 6.99. The van der Waals surface area contributed by atoms with E-state index in [4.69, 9.17) is 5.11 Å². The molecule has 1 aromatic carbocycles. The Morgan fingerprint density at radius 1 is 0.957 bits per heavy atom. The number of phenolic OH excluding ortho intramolecular Hbond substituents is 1. The van der Waals surface area contributed by atoms with Crippen LogP contribution in [0.3, 0.4) is 0 Å². The molecule has 1 rings (SSSR count). The lowest BCUT2D eigenvalue weighted by Gasteiger charge is -2.28. The Hall–Kier alpha value is -0.710. The second-order valence-electron chi connectivity index (χ2n) is 8.17. The molecule has 23 heavy (non-hydrogen) atoms. The third kappa shape index (κ3) is 6.02. The van der Waals surface area contributed by atoms with Gasteiger partial charge in [0.2, 0.25) is 0 Å². The molecule has 0 heterocycles. The van der Waals surface area contributed by atoms with Crippen LogP contribution in [0.15, 0.2) is 17.0 Å². The van der Waals surface area contributed by atoms with E-state index in [-0.39, 0.29) is 17.4 Å². The molecule has 132 valence electrons. The molecule has 1 aromatic rings. The molecule has 1 unspecified atom stereocenters. The highest BCUT2D eigenvalue weighted by atomic mass is 32.2. The summed E-state index contributed by atoms with van der Waals surface area (Å²) in [6, 6.07) is 4.13. The molecule has 0 radical (unpaired) electrons. The summed E-state index contributed by atoms with van der Waals surface area (Å²) in [6.07, 6.45) is 0.632. The normalized spacial score (nSPS) is 14.1. The first-order valence-electron chi connectivity index (χ1n) is 8.26. The molecular weight excluding hydrogens is 308 g/mol. The summed E-state index contributed by atoms with van der Waals surface area (Å²) in [4.78, 5) is 1.12. The largest absolute Gasteiger partial charge is 0.507 e. The summed E-state index contributed by atoms with van der Waals surface area (Å²) in [7, 11) is 0. The van der Waals surface area contributed by atoms with Gasteiger partial charge < -0.3 is 15.3 Å². The SMILES string of the molecule is CC(C)(C)c1cc(SCCC(O)CCO)cc(C(C)(C)C)c1O. The number of hydrogen-bond donors (Lipinski definition) is 3. The van der Waals surface area contributed by atoms with Crippen LogP contribution >= 0.6 is 11.8 Å². The van der Waals surface area contributed by atoms with E-state index in [1.54, 1.807) is 11.8 Å². The fourth-order valence-corrected chi connectivity index (χ4v) is 3.47. The van der Waals surface area contributed by atoms with Crippen LogP contribution in [0.2, 0.25) is 0 Å². The van der Waals surface area contributed by atoms with Gasteiger partial charge in [-0.2, -0.15) is 0 Å². The number of aliphatic hydroxyl groups is 2. The lowest BCUT2D eigenvalue weighted by atomic mass is 9.79. The molecule has 0 saturated carbocycles. The third-order valence-corrected chi connectivity index (χ3v) is 4.89. The van der Waals surface area contributed by atoms with Crippen molar-refractivity contribution in [3.8, 4) is 5.75 Å². The maximum atomic E-state index is 10.7. The summed E-state index contributed by atoms with van der Waals surface area (Å²) in [5, 5.41) is 29.3. The molecule has 3 nitrogen and oxygen atoms in total. The van der Waals surface area contributed by atoms with Crippen molar-refractivity contribution >= 4 is 11.8 Å². The van der Waals surface area contributed by atoms with Crippen LogP contribution < -0.4 is 0 Å². The first kappa shape index (κ1) is 20.3. The van der Waals surface area contributed by atoms with Crippen LogP contribution in [0.1, 0.15) is 65.5 Å². The minimum atomic E-state index is -0.450. The van der Waals surface area contributed by atoms with Gasteiger partial charge in [0, 0.05) is 28.4 Å². The molecule has 0 bridgehead atoms. The second-order valence-corrected chi connectivity index (χ2v) is 9.34. The summed E-state index contributed by atoms with van der Waals surface area (Å²) in [5.74, 6) is 1.19. The fourth-order valence-electron chi connectivity index (χ4n) is 2.44. The molecule has 0 spiro atoms. The van der Waals surface area contributed by atoms with Crippen molar-refractivity contribution in [1.29, 1.82) is 0 Å². The van der Waals surface area contributed by atoms with E-state index in [0.717, 1.165) is 21.8 Å². The predicted molar refractivity (Wildman–Crippen MR) is 98.6 cm³/mol. The van der Waals surface area contributed by atoms with Crippen LogP contribution in [0.4, 0.5) is 0 Å². The van der Waals surface area contributed by atoms with Crippen LogP contribution in [0.5, 0.6) is 5.75 Å². The van der Waals surface area contributed by atoms with E-state index in [1.807, 2.05) is 0 Å². The Labute approximate surface area is 145 Å². The maximum Gasteiger partial charge on any atom is 0.123 e. The molecule has 3 N–H and O–H groups in total. The highest BCUT2D eigenvalue weighted by Gasteiger charge is 2.26. The van der Waals surface area contributed by atoms with Crippen molar-refractivity contribution < 1.29 is 15.3 Å². The number of phenols is 1. The monoisotopic (exact) mass is 340 g/mol. The van der Waals surface area contributed by atoms with Crippen molar-refractivity contribution in [2.24, 2.45) is 0 Å². The number of rotatable bonds is 6. The molecule has 0 saturated heterocycles. The third-order valence-electron chi connectivity index (χ3n) is 3.88. The summed E-state index contributed by atoms with van der Waals surface area (Å²) in [6.45, 7) is 12.7. The summed E-state index contributed by atoms with van der Waals surface area (Å²) in [5.41, 5.74) is 1.67. The lowest BCUT2D eigenvalue weighted by molar-refractivity contribution is 0.130. The van der Waals surface area contributed by atoms with Gasteiger partial charge in [0.15, 0.2) is 0 Å². The van der Waals surface area contributed by atoms with Crippen molar-refractivity contribution in [3.63, 3.8) is 0 Å². The lowest BCUT2D eigenvalue weighted by Crippen LogP contribution is -2.17. The highest BCUT2D eigenvalue weighted by Crippen LogP contribution is 2.41. The number of aliphatic hydroxyl groups excluding tert-OH is 2. The molecule has 0 amide bonds. The Bertz CT molecular complexity index is 477. The average molecular weight is 341 g/mol. The molecule has 0 aliphatic heterocycles. The van der Waals surface area contributed by atoms with Crippen LogP contribution in [-0.4, -0.2) is 33.8 Å². The highest BCUT2D eigenvalue weighted by molar-refractivity contribution is 7.99. The van der Waals surface area contributed by atoms with Gasteiger partial charge in [-0.25, -0.2) is 0 Å². The molecule has 4 heteroatoms. The first-order chi connectivity index (χ1) is 10.5. The maximum absolute atomic E-state index is 10.7. The minimum absolute atomic E-state index is 0.0212. The van der Waals surface area contributed by atoms with Crippen molar-refractivity contribution in [2.45, 2.75) is 76.2 Å².